The van der Waals surface area contributed by atoms with E-state index < -0.39 is 11.8 Å². The summed E-state index contributed by atoms with van der Waals surface area (Å²) in [5.41, 5.74) is 1.82. The minimum absolute atomic E-state index is 0.000214. The van der Waals surface area contributed by atoms with E-state index in [9.17, 15) is 9.90 Å². The lowest BCUT2D eigenvalue weighted by molar-refractivity contribution is -0.186. The normalized spacial score (nSPS) is 19.6. The highest BCUT2D eigenvalue weighted by atomic mass is 16.7. The van der Waals surface area contributed by atoms with Crippen molar-refractivity contribution < 1.29 is 33.6 Å². The van der Waals surface area contributed by atoms with Crippen LogP contribution in [0.3, 0.4) is 0 Å². The summed E-state index contributed by atoms with van der Waals surface area (Å²) in [6.07, 6.45) is 2.54. The van der Waals surface area contributed by atoms with Crippen molar-refractivity contribution in [1.29, 1.82) is 0 Å². The van der Waals surface area contributed by atoms with Crippen LogP contribution in [0.2, 0.25) is 0 Å². The molecule has 2 aliphatic heterocycles. The maximum atomic E-state index is 12.9. The number of carbonyl (C=O) groups is 1. The third-order valence-electron chi connectivity index (χ3n) is 5.68. The molecule has 2 aliphatic rings. The van der Waals surface area contributed by atoms with Crippen LogP contribution in [-0.2, 0) is 31.2 Å². The zero-order chi connectivity index (χ0) is 24.1. The van der Waals surface area contributed by atoms with E-state index in [2.05, 4.69) is 4.90 Å². The van der Waals surface area contributed by atoms with Gasteiger partial charge in [0.15, 0.2) is 5.76 Å². The van der Waals surface area contributed by atoms with Crippen LogP contribution >= 0.6 is 0 Å². The molecule has 2 aromatic carbocycles. The number of cyclic esters (lactones) is 1. The Bertz CT molecular complexity index is 1070. The maximum Gasteiger partial charge on any atom is 0.345 e. The number of aliphatic hydroxyl groups is 1. The second-order valence-electron chi connectivity index (χ2n) is 8.35. The van der Waals surface area contributed by atoms with Gasteiger partial charge in [0.1, 0.15) is 23.3 Å². The lowest BCUT2D eigenvalue weighted by atomic mass is 9.89. The van der Waals surface area contributed by atoms with Gasteiger partial charge in [-0.15, -0.1) is 0 Å². The van der Waals surface area contributed by atoms with Crippen molar-refractivity contribution in [2.75, 3.05) is 41.1 Å². The fraction of sp³-hybridized carbons (Fsp3) is 0.346. The van der Waals surface area contributed by atoms with Crippen LogP contribution in [0.4, 0.5) is 0 Å². The van der Waals surface area contributed by atoms with Crippen molar-refractivity contribution in [3.05, 3.63) is 82.8 Å². The first kappa shape index (κ1) is 23.7. The van der Waals surface area contributed by atoms with Gasteiger partial charge in [0.2, 0.25) is 6.79 Å². The molecule has 2 aromatic rings. The molecule has 4 rings (SSSR count). The van der Waals surface area contributed by atoms with Gasteiger partial charge in [-0.05, 0) is 62.5 Å². The molecule has 1 atom stereocenters. The number of methoxy groups -OCH3 is 1. The molecule has 0 aromatic heterocycles. The standard InChI is InChI=1S/C26H29NO7/c1-27(2)13-4-14-32-21-9-5-18(6-10-21)15-22-24(23-16-31-17-33-23)25(28)34-26(22,29)19-7-11-20(30-3)12-8-19/h5-12,16,29H,4,13-15,17H2,1-3H3. The Kier molecular flexibility index (Phi) is 7.09. The first-order valence-corrected chi connectivity index (χ1v) is 11.1. The molecule has 0 radical (unpaired) electrons. The van der Waals surface area contributed by atoms with Gasteiger partial charge in [0.05, 0.1) is 13.7 Å². The van der Waals surface area contributed by atoms with Crippen molar-refractivity contribution >= 4 is 5.97 Å². The van der Waals surface area contributed by atoms with Crippen LogP contribution in [-0.4, -0.2) is 57.1 Å². The van der Waals surface area contributed by atoms with Crippen molar-refractivity contribution in [2.45, 2.75) is 18.6 Å². The Balaban J connectivity index is 1.60. The lowest BCUT2D eigenvalue weighted by Crippen LogP contribution is -2.29. The summed E-state index contributed by atoms with van der Waals surface area (Å²) in [5.74, 6) is -1.00. The molecule has 0 spiro atoms. The van der Waals surface area contributed by atoms with Gasteiger partial charge >= 0.3 is 5.97 Å². The van der Waals surface area contributed by atoms with Crippen LogP contribution in [0.5, 0.6) is 11.5 Å². The van der Waals surface area contributed by atoms with Gasteiger partial charge in [0.25, 0.3) is 5.79 Å². The molecule has 0 bridgehead atoms. The summed E-state index contributed by atoms with van der Waals surface area (Å²) in [6, 6.07) is 14.3. The molecule has 8 nitrogen and oxygen atoms in total. The number of benzene rings is 2. The molecule has 2 heterocycles. The van der Waals surface area contributed by atoms with Gasteiger partial charge in [-0.25, -0.2) is 4.79 Å². The third kappa shape index (κ3) is 5.03. The first-order valence-electron chi connectivity index (χ1n) is 11.1. The minimum Gasteiger partial charge on any atom is -0.497 e. The van der Waals surface area contributed by atoms with E-state index >= 15 is 0 Å². The van der Waals surface area contributed by atoms with Gasteiger partial charge in [-0.3, -0.25) is 0 Å². The van der Waals surface area contributed by atoms with Gasteiger partial charge in [-0.1, -0.05) is 12.1 Å². The smallest absolute Gasteiger partial charge is 0.345 e. The topological polar surface area (TPSA) is 86.7 Å². The predicted molar refractivity (Wildman–Crippen MR) is 124 cm³/mol. The number of rotatable bonds is 10. The van der Waals surface area contributed by atoms with E-state index in [4.69, 9.17) is 23.7 Å². The molecule has 0 saturated heterocycles. The highest BCUT2D eigenvalue weighted by molar-refractivity contribution is 5.97. The lowest BCUT2D eigenvalue weighted by Gasteiger charge is -2.26. The van der Waals surface area contributed by atoms with E-state index in [0.717, 1.165) is 24.3 Å². The van der Waals surface area contributed by atoms with Crippen molar-refractivity contribution in [2.24, 2.45) is 0 Å². The van der Waals surface area contributed by atoms with Crippen molar-refractivity contribution in [3.63, 3.8) is 0 Å². The van der Waals surface area contributed by atoms with E-state index in [1.807, 2.05) is 38.4 Å². The summed E-state index contributed by atoms with van der Waals surface area (Å²) in [4.78, 5) is 15.0. The quantitative estimate of drug-likeness (QED) is 0.421. The second-order valence-corrected chi connectivity index (χ2v) is 8.35. The molecular weight excluding hydrogens is 438 g/mol. The molecule has 1 unspecified atom stereocenters. The number of hydrogen-bond acceptors (Lipinski definition) is 8. The summed E-state index contributed by atoms with van der Waals surface area (Å²) in [5, 5.41) is 11.6. The molecule has 0 fully saturated rings. The van der Waals surface area contributed by atoms with Crippen LogP contribution < -0.4 is 9.47 Å². The molecule has 180 valence electrons. The highest BCUT2D eigenvalue weighted by Gasteiger charge is 2.49. The minimum atomic E-state index is -1.95. The van der Waals surface area contributed by atoms with Gasteiger partial charge < -0.3 is 33.7 Å². The van der Waals surface area contributed by atoms with E-state index in [0.29, 0.717) is 23.5 Å². The fourth-order valence-corrected chi connectivity index (χ4v) is 3.90. The largest absolute Gasteiger partial charge is 0.497 e. The Morgan fingerprint density at radius 2 is 1.76 bits per heavy atom. The van der Waals surface area contributed by atoms with E-state index in [-0.39, 0.29) is 24.5 Å². The van der Waals surface area contributed by atoms with E-state index in [1.165, 1.54) is 6.26 Å². The summed E-state index contributed by atoms with van der Waals surface area (Å²) < 4.78 is 27.2. The summed E-state index contributed by atoms with van der Waals surface area (Å²) >= 11 is 0. The van der Waals surface area contributed by atoms with Crippen LogP contribution in [0.15, 0.2) is 71.7 Å². The van der Waals surface area contributed by atoms with Crippen molar-refractivity contribution in [3.8, 4) is 11.5 Å². The average Bonchev–Trinajstić information content (AvgIpc) is 3.44. The fourth-order valence-electron chi connectivity index (χ4n) is 3.90. The van der Waals surface area contributed by atoms with Crippen LogP contribution in [0, 0.1) is 0 Å². The van der Waals surface area contributed by atoms with Gasteiger partial charge in [0, 0.05) is 24.1 Å². The molecule has 0 saturated carbocycles. The summed E-state index contributed by atoms with van der Waals surface area (Å²) in [6.45, 7) is 1.58. The molecule has 0 amide bonds. The summed E-state index contributed by atoms with van der Waals surface area (Å²) in [7, 11) is 5.62. The Labute approximate surface area is 198 Å². The molecule has 0 aliphatic carbocycles. The molecule has 34 heavy (non-hydrogen) atoms. The highest BCUT2D eigenvalue weighted by Crippen LogP contribution is 2.44. The zero-order valence-electron chi connectivity index (χ0n) is 19.6. The average molecular weight is 468 g/mol. The number of esters is 1. The zero-order valence-corrected chi connectivity index (χ0v) is 19.6. The third-order valence-corrected chi connectivity index (χ3v) is 5.68. The van der Waals surface area contributed by atoms with E-state index in [1.54, 1.807) is 31.4 Å². The SMILES string of the molecule is COc1ccc(C2(O)OC(=O)C(C3=COCO3)=C2Cc2ccc(OCCCN(C)C)cc2)cc1. The Morgan fingerprint density at radius 3 is 2.38 bits per heavy atom. The monoisotopic (exact) mass is 467 g/mol. The second kappa shape index (κ2) is 10.2. The number of ether oxygens (including phenoxy) is 5. The number of nitrogens with zero attached hydrogens (tertiary/aromatic N) is 1. The Morgan fingerprint density at radius 1 is 1.06 bits per heavy atom. The maximum absolute atomic E-state index is 12.9. The predicted octanol–water partition coefficient (Wildman–Crippen LogP) is 3.11. The molecule has 1 N–H and O–H groups in total. The first-order chi connectivity index (χ1) is 16.4. The Hall–Kier alpha value is -3.49. The van der Waals surface area contributed by atoms with Crippen molar-refractivity contribution in [1.82, 2.24) is 4.90 Å². The molecule has 8 heteroatoms. The number of carbonyl (C=O) groups excluding carboxylic acids is 1. The number of hydrogen-bond donors (Lipinski definition) is 1. The van der Waals surface area contributed by atoms with Crippen LogP contribution in [0.25, 0.3) is 0 Å². The van der Waals surface area contributed by atoms with Gasteiger partial charge in [-0.2, -0.15) is 0 Å². The van der Waals surface area contributed by atoms with Crippen LogP contribution in [0.1, 0.15) is 17.5 Å². The molecular formula is C26H29NO7.